The van der Waals surface area contributed by atoms with Crippen LogP contribution >= 0.6 is 0 Å². The van der Waals surface area contributed by atoms with Crippen LogP contribution in [0.1, 0.15) is 219 Å². The summed E-state index contributed by atoms with van der Waals surface area (Å²) in [6, 6.07) is 37.6. The summed E-state index contributed by atoms with van der Waals surface area (Å²) in [5.74, 6) is -4.67. The third-order valence-corrected chi connectivity index (χ3v) is 19.1. The third-order valence-electron chi connectivity index (χ3n) is 19.1. The van der Waals surface area contributed by atoms with Crippen LogP contribution in [-0.4, -0.2) is 31.6 Å². The van der Waals surface area contributed by atoms with Crippen molar-refractivity contribution in [2.24, 2.45) is 10.8 Å². The molecule has 2 heterocycles. The molecule has 10 rings (SSSR count). The Labute approximate surface area is 562 Å². The number of phenols is 2. The number of aromatic nitrogens is 2. The summed E-state index contributed by atoms with van der Waals surface area (Å²) in [7, 11) is 0. The average molecular weight is 1290 g/mol. The van der Waals surface area contributed by atoms with Crippen LogP contribution < -0.4 is 9.47 Å². The van der Waals surface area contributed by atoms with Crippen LogP contribution in [0, 0.1) is 34.1 Å². The van der Waals surface area contributed by atoms with Gasteiger partial charge < -0.3 is 28.8 Å². The molecular formula is C85H102F4N2O4. The lowest BCUT2D eigenvalue weighted by Crippen LogP contribution is -2.25. The number of aromatic hydroxyl groups is 2. The van der Waals surface area contributed by atoms with Crippen LogP contribution in [0.3, 0.4) is 0 Å². The fraction of sp³-hybridized carbons (Fsp3) is 0.435. The van der Waals surface area contributed by atoms with Crippen molar-refractivity contribution in [2.45, 2.75) is 230 Å². The molecule has 0 aliphatic rings. The third kappa shape index (κ3) is 14.1. The SMILES string of the molecule is C[C@H](C[C@@H](C)Oc1c(F)cc(F)cc1-c1cc(C(C)(C)CC(C)(C)C)cc(-n2c3cc(C(C)(C)C)ccc3c3ccc(C(C)(C)C)cc32)c1O)Oc1c(F)cc(F)cc1-c1cc(C(C)(C)CC(C)(C)C)cc(-n2c3cc(C(C)(C)C)ccc3c3ccc(C(C)(C)C)cc32)c1O. The van der Waals surface area contributed by atoms with E-state index < -0.39 is 46.3 Å². The molecule has 8 aromatic carbocycles. The largest absolute Gasteiger partial charge is 0.505 e. The number of hydrogen-bond donors (Lipinski definition) is 2. The maximum atomic E-state index is 17.1. The van der Waals surface area contributed by atoms with Gasteiger partial charge in [0.15, 0.2) is 23.1 Å². The summed E-state index contributed by atoms with van der Waals surface area (Å²) in [6.07, 6.45) is -0.278. The number of nitrogens with zero attached hydrogens (tertiary/aromatic N) is 2. The van der Waals surface area contributed by atoms with Crippen LogP contribution in [0.15, 0.2) is 121 Å². The van der Waals surface area contributed by atoms with Gasteiger partial charge in [0.2, 0.25) is 0 Å². The predicted molar refractivity (Wildman–Crippen MR) is 389 cm³/mol. The Bertz CT molecular complexity index is 4190. The van der Waals surface area contributed by atoms with Crippen molar-refractivity contribution < 1.29 is 37.2 Å². The van der Waals surface area contributed by atoms with Gasteiger partial charge >= 0.3 is 0 Å². The van der Waals surface area contributed by atoms with E-state index in [-0.39, 0.29) is 84.2 Å². The molecule has 0 saturated heterocycles. The van der Waals surface area contributed by atoms with Crippen LogP contribution in [0.5, 0.6) is 23.0 Å². The molecule has 0 aliphatic heterocycles. The molecule has 2 N–H and O–H groups in total. The second kappa shape index (κ2) is 24.1. The molecule has 504 valence electrons. The van der Waals surface area contributed by atoms with Gasteiger partial charge in [0.25, 0.3) is 0 Å². The van der Waals surface area contributed by atoms with Crippen LogP contribution in [0.2, 0.25) is 0 Å². The normalized spacial score (nSPS) is 14.0. The number of benzene rings is 8. The first-order chi connectivity index (χ1) is 43.6. The first kappa shape index (κ1) is 70.1. The molecule has 95 heavy (non-hydrogen) atoms. The van der Waals surface area contributed by atoms with Gasteiger partial charge in [-0.3, -0.25) is 0 Å². The van der Waals surface area contributed by atoms with Gasteiger partial charge in [-0.05, 0) is 164 Å². The molecule has 10 aromatic rings. The lowest BCUT2D eigenvalue weighted by molar-refractivity contribution is 0.125. The zero-order valence-corrected chi connectivity index (χ0v) is 60.9. The van der Waals surface area contributed by atoms with Gasteiger partial charge in [-0.1, -0.05) is 201 Å². The number of phenolic OH excluding ortho intramolecular Hbond substituents is 2. The Morgan fingerprint density at radius 3 is 0.874 bits per heavy atom. The predicted octanol–water partition coefficient (Wildman–Crippen LogP) is 24.4. The molecule has 0 amide bonds. The van der Waals surface area contributed by atoms with E-state index in [0.717, 1.165) is 102 Å². The summed E-state index contributed by atoms with van der Waals surface area (Å²) in [5.41, 5.74) is 8.59. The maximum Gasteiger partial charge on any atom is 0.168 e. The van der Waals surface area contributed by atoms with Gasteiger partial charge in [0.1, 0.15) is 23.1 Å². The van der Waals surface area contributed by atoms with Gasteiger partial charge in [-0.15, -0.1) is 0 Å². The topological polar surface area (TPSA) is 68.8 Å². The maximum absolute atomic E-state index is 17.1. The van der Waals surface area contributed by atoms with E-state index >= 15 is 17.6 Å². The molecule has 0 spiro atoms. The number of fused-ring (bicyclic) bond motifs is 6. The molecule has 2 atom stereocenters. The summed E-state index contributed by atoms with van der Waals surface area (Å²) < 4.78 is 84.0. The van der Waals surface area contributed by atoms with Gasteiger partial charge in [-0.25, -0.2) is 17.6 Å². The summed E-state index contributed by atoms with van der Waals surface area (Å²) in [6.45, 7) is 51.2. The standard InChI is InChI=1S/C85H102F4N2O4/c1-48(94-76-64(42-56(86)44-66(76)88)62-34-54(84(21,22)46-78(3,4)5)40-72(74(62)92)90-68-36-50(80(9,10)11)25-29-58(68)59-30-26-51(37-69(59)90)81(12,13)14)33-49(2)95-77-65(43-57(87)45-67(77)89)63-35-55(85(23,24)47-79(6,7)8)41-73(75(63)93)91-70-38-52(82(15,16)17)27-31-60(70)61-32-28-53(39-71(61)91)83(18,19)20/h25-32,34-45,48-49,92-93H,33,46-47H2,1-24H3/t48-,49-/m1/s1. The quantitative estimate of drug-likeness (QED) is 0.106. The molecule has 0 fully saturated rings. The molecule has 0 aliphatic carbocycles. The van der Waals surface area contributed by atoms with E-state index in [1.54, 1.807) is 13.8 Å². The molecule has 0 saturated carbocycles. The van der Waals surface area contributed by atoms with E-state index in [1.807, 2.05) is 24.3 Å². The monoisotopic (exact) mass is 1290 g/mol. The zero-order valence-electron chi connectivity index (χ0n) is 60.9. The molecule has 10 heteroatoms. The van der Waals surface area contributed by atoms with E-state index in [0.29, 0.717) is 11.4 Å². The highest BCUT2D eigenvalue weighted by atomic mass is 19.1. The van der Waals surface area contributed by atoms with Crippen molar-refractivity contribution in [1.82, 2.24) is 9.13 Å². The summed E-state index contributed by atoms with van der Waals surface area (Å²) >= 11 is 0. The molecule has 6 nitrogen and oxygen atoms in total. The minimum atomic E-state index is -0.984. The highest BCUT2D eigenvalue weighted by molar-refractivity contribution is 6.11. The first-order valence-electron chi connectivity index (χ1n) is 33.9. The highest BCUT2D eigenvalue weighted by Crippen LogP contribution is 2.52. The van der Waals surface area contributed by atoms with E-state index in [4.69, 9.17) is 9.47 Å². The Kier molecular flexibility index (Phi) is 17.8. The first-order valence-corrected chi connectivity index (χ1v) is 33.9. The number of ether oxygens (including phenoxy) is 2. The van der Waals surface area contributed by atoms with Gasteiger partial charge in [0.05, 0.1) is 45.6 Å². The van der Waals surface area contributed by atoms with E-state index in [2.05, 4.69) is 234 Å². The minimum Gasteiger partial charge on any atom is -0.505 e. The second-order valence-electron chi connectivity index (χ2n) is 35.2. The fourth-order valence-electron chi connectivity index (χ4n) is 14.8. The van der Waals surface area contributed by atoms with Crippen LogP contribution in [0.25, 0.3) is 77.2 Å². The van der Waals surface area contributed by atoms with Gasteiger partial charge in [-0.2, -0.15) is 0 Å². The number of rotatable bonds is 14. The van der Waals surface area contributed by atoms with Crippen molar-refractivity contribution in [3.8, 4) is 56.6 Å². The Balaban J connectivity index is 1.10. The van der Waals surface area contributed by atoms with E-state index in [9.17, 15) is 10.2 Å². The Hall–Kier alpha value is -7.72. The lowest BCUT2D eigenvalue weighted by Gasteiger charge is -2.34. The van der Waals surface area contributed by atoms with Crippen LogP contribution in [-0.2, 0) is 32.5 Å². The van der Waals surface area contributed by atoms with Crippen molar-refractivity contribution in [3.63, 3.8) is 0 Å². The second-order valence-corrected chi connectivity index (χ2v) is 35.2. The molecule has 0 unspecified atom stereocenters. The number of halogens is 4. The minimum absolute atomic E-state index is 0.00142. The summed E-state index contributed by atoms with van der Waals surface area (Å²) in [4.78, 5) is 0. The zero-order chi connectivity index (χ0) is 70.2. The lowest BCUT2D eigenvalue weighted by atomic mass is 9.71. The smallest absolute Gasteiger partial charge is 0.168 e. The molecular weight excluding hydrogens is 1190 g/mol. The van der Waals surface area contributed by atoms with Crippen molar-refractivity contribution in [1.29, 1.82) is 0 Å². The van der Waals surface area contributed by atoms with E-state index in [1.165, 1.54) is 12.1 Å². The molecule has 0 bridgehead atoms. The Morgan fingerprint density at radius 1 is 0.347 bits per heavy atom. The van der Waals surface area contributed by atoms with Crippen molar-refractivity contribution in [3.05, 3.63) is 178 Å². The van der Waals surface area contributed by atoms with Crippen LogP contribution in [0.4, 0.5) is 17.6 Å². The Morgan fingerprint density at radius 2 is 0.621 bits per heavy atom. The van der Waals surface area contributed by atoms with Crippen molar-refractivity contribution in [2.75, 3.05) is 0 Å². The highest BCUT2D eigenvalue weighted by Gasteiger charge is 2.35. The fourth-order valence-corrected chi connectivity index (χ4v) is 14.8. The molecule has 2 aromatic heterocycles. The number of hydrogen-bond acceptors (Lipinski definition) is 4. The molecule has 0 radical (unpaired) electrons. The average Bonchev–Trinajstić information content (AvgIpc) is 1.62. The van der Waals surface area contributed by atoms with Crippen molar-refractivity contribution >= 4 is 43.6 Å². The van der Waals surface area contributed by atoms with Gasteiger partial charge in [0, 0.05) is 62.4 Å². The summed E-state index contributed by atoms with van der Waals surface area (Å²) in [5, 5.41) is 30.3.